The molecule has 3 heteroatoms. The number of benzene rings is 2. The number of rotatable bonds is 3. The Kier molecular flexibility index (Phi) is 3.31. The summed E-state index contributed by atoms with van der Waals surface area (Å²) in [5.74, 6) is 2.09. The van der Waals surface area contributed by atoms with Crippen LogP contribution in [-0.4, -0.2) is 5.91 Å². The number of anilines is 2. The minimum Gasteiger partial charge on any atom is -0.366 e. The van der Waals surface area contributed by atoms with E-state index in [0.717, 1.165) is 11.3 Å². The average Bonchev–Trinajstić information content (AvgIpc) is 2.39. The van der Waals surface area contributed by atoms with Crippen LogP contribution in [0.3, 0.4) is 0 Å². The molecule has 0 spiro atoms. The molecule has 88 valence electrons. The highest BCUT2D eigenvalue weighted by Crippen LogP contribution is 2.21. The first-order valence-electron chi connectivity index (χ1n) is 5.43. The molecule has 3 N–H and O–H groups in total. The van der Waals surface area contributed by atoms with Crippen LogP contribution in [0.2, 0.25) is 0 Å². The van der Waals surface area contributed by atoms with Crippen LogP contribution < -0.4 is 11.1 Å². The second-order valence-corrected chi connectivity index (χ2v) is 3.76. The predicted octanol–water partition coefficient (Wildman–Crippen LogP) is 2.51. The maximum Gasteiger partial charge on any atom is 0.250 e. The van der Waals surface area contributed by atoms with Crippen LogP contribution >= 0.6 is 0 Å². The lowest BCUT2D eigenvalue weighted by Gasteiger charge is -2.10. The van der Waals surface area contributed by atoms with E-state index in [1.165, 1.54) is 0 Å². The zero-order valence-corrected chi connectivity index (χ0v) is 9.68. The number of nitrogens with one attached hydrogen (secondary N) is 1. The van der Waals surface area contributed by atoms with E-state index >= 15 is 0 Å². The summed E-state index contributed by atoms with van der Waals surface area (Å²) < 4.78 is 0. The standard InChI is InChI=1S/C15H12N2O/c1-2-11-6-5-7-12(10-11)17-14-9-4-3-8-13(14)15(16)18/h1,3-10,17H,(H2,16,18). The smallest absolute Gasteiger partial charge is 0.250 e. The largest absolute Gasteiger partial charge is 0.366 e. The lowest BCUT2D eigenvalue weighted by atomic mass is 10.1. The average molecular weight is 236 g/mol. The van der Waals surface area contributed by atoms with Crippen LogP contribution in [0.4, 0.5) is 11.4 Å². The van der Waals surface area contributed by atoms with Crippen LogP contribution in [-0.2, 0) is 0 Å². The number of carbonyl (C=O) groups is 1. The molecule has 1 amide bonds. The first-order chi connectivity index (χ1) is 8.70. The summed E-state index contributed by atoms with van der Waals surface area (Å²) in [6, 6.07) is 14.5. The third kappa shape index (κ3) is 2.50. The van der Waals surface area contributed by atoms with E-state index in [-0.39, 0.29) is 0 Å². The van der Waals surface area contributed by atoms with Crippen molar-refractivity contribution in [3.05, 3.63) is 59.7 Å². The summed E-state index contributed by atoms with van der Waals surface area (Å²) in [6.07, 6.45) is 5.34. The topological polar surface area (TPSA) is 55.1 Å². The molecule has 0 aromatic heterocycles. The highest BCUT2D eigenvalue weighted by molar-refractivity contribution is 5.99. The molecular formula is C15H12N2O. The number of hydrogen-bond donors (Lipinski definition) is 2. The number of para-hydroxylation sites is 1. The van der Waals surface area contributed by atoms with Gasteiger partial charge in [-0.3, -0.25) is 4.79 Å². The summed E-state index contributed by atoms with van der Waals surface area (Å²) in [5.41, 5.74) is 8.02. The van der Waals surface area contributed by atoms with Crippen molar-refractivity contribution in [2.24, 2.45) is 5.73 Å². The molecule has 0 bridgehead atoms. The fraction of sp³-hybridized carbons (Fsp3) is 0. The van der Waals surface area contributed by atoms with E-state index in [4.69, 9.17) is 12.2 Å². The van der Waals surface area contributed by atoms with Crippen molar-refractivity contribution in [1.29, 1.82) is 0 Å². The predicted molar refractivity (Wildman–Crippen MR) is 72.6 cm³/mol. The molecular weight excluding hydrogens is 224 g/mol. The SMILES string of the molecule is C#Cc1cccc(Nc2ccccc2C(N)=O)c1. The summed E-state index contributed by atoms with van der Waals surface area (Å²) in [6.45, 7) is 0. The summed E-state index contributed by atoms with van der Waals surface area (Å²) >= 11 is 0. The fourth-order valence-electron chi connectivity index (χ4n) is 1.65. The van der Waals surface area contributed by atoms with Crippen LogP contribution in [0, 0.1) is 12.3 Å². The number of terminal acetylenes is 1. The number of primary amides is 1. The molecule has 0 aliphatic carbocycles. The van der Waals surface area contributed by atoms with Crippen molar-refractivity contribution in [2.45, 2.75) is 0 Å². The van der Waals surface area contributed by atoms with E-state index in [1.54, 1.807) is 18.2 Å². The van der Waals surface area contributed by atoms with Gasteiger partial charge in [0.05, 0.1) is 11.3 Å². The number of nitrogens with two attached hydrogens (primary N) is 1. The second kappa shape index (κ2) is 5.07. The van der Waals surface area contributed by atoms with Crippen LogP contribution in [0.15, 0.2) is 48.5 Å². The van der Waals surface area contributed by atoms with Gasteiger partial charge in [0.15, 0.2) is 0 Å². The fourth-order valence-corrected chi connectivity index (χ4v) is 1.65. The highest BCUT2D eigenvalue weighted by atomic mass is 16.1. The molecule has 3 nitrogen and oxygen atoms in total. The van der Waals surface area contributed by atoms with Crippen LogP contribution in [0.1, 0.15) is 15.9 Å². The minimum absolute atomic E-state index is 0.448. The molecule has 0 atom stereocenters. The van der Waals surface area contributed by atoms with Gasteiger partial charge in [-0.15, -0.1) is 6.42 Å². The quantitative estimate of drug-likeness (QED) is 0.804. The van der Waals surface area contributed by atoms with E-state index in [2.05, 4.69) is 11.2 Å². The molecule has 0 unspecified atom stereocenters. The van der Waals surface area contributed by atoms with Crippen molar-refractivity contribution in [3.8, 4) is 12.3 Å². The van der Waals surface area contributed by atoms with E-state index in [9.17, 15) is 4.79 Å². The van der Waals surface area contributed by atoms with E-state index < -0.39 is 5.91 Å². The first-order valence-corrected chi connectivity index (χ1v) is 5.43. The lowest BCUT2D eigenvalue weighted by molar-refractivity contribution is 0.100. The van der Waals surface area contributed by atoms with Crippen LogP contribution in [0.25, 0.3) is 0 Å². The Morgan fingerprint density at radius 3 is 2.67 bits per heavy atom. The Morgan fingerprint density at radius 1 is 1.17 bits per heavy atom. The number of amides is 1. The summed E-state index contributed by atoms with van der Waals surface area (Å²) in [5, 5.41) is 3.13. The Hall–Kier alpha value is -2.73. The molecule has 0 aliphatic heterocycles. The molecule has 0 saturated carbocycles. The second-order valence-electron chi connectivity index (χ2n) is 3.76. The van der Waals surface area contributed by atoms with Crippen molar-refractivity contribution in [3.63, 3.8) is 0 Å². The molecule has 0 heterocycles. The van der Waals surface area contributed by atoms with Gasteiger partial charge in [0.25, 0.3) is 5.91 Å². The Morgan fingerprint density at radius 2 is 1.94 bits per heavy atom. The van der Waals surface area contributed by atoms with Gasteiger partial charge in [0, 0.05) is 11.3 Å². The van der Waals surface area contributed by atoms with Gasteiger partial charge in [-0.25, -0.2) is 0 Å². The molecule has 0 saturated heterocycles. The normalized spacial score (nSPS) is 9.50. The highest BCUT2D eigenvalue weighted by Gasteiger charge is 2.06. The van der Waals surface area contributed by atoms with Crippen LogP contribution in [0.5, 0.6) is 0 Å². The third-order valence-corrected chi connectivity index (χ3v) is 2.50. The Bertz CT molecular complexity index is 626. The maximum atomic E-state index is 11.3. The first kappa shape index (κ1) is 11.7. The van der Waals surface area contributed by atoms with Crippen molar-refractivity contribution < 1.29 is 4.79 Å². The zero-order valence-electron chi connectivity index (χ0n) is 9.68. The molecule has 18 heavy (non-hydrogen) atoms. The van der Waals surface area contributed by atoms with Gasteiger partial charge in [-0.05, 0) is 30.3 Å². The third-order valence-electron chi connectivity index (χ3n) is 2.50. The van der Waals surface area contributed by atoms with E-state index in [1.807, 2.05) is 30.3 Å². The van der Waals surface area contributed by atoms with Crippen molar-refractivity contribution in [2.75, 3.05) is 5.32 Å². The number of carbonyl (C=O) groups excluding carboxylic acids is 1. The molecule has 2 rings (SSSR count). The molecule has 0 aliphatic rings. The van der Waals surface area contributed by atoms with Gasteiger partial charge in [-0.1, -0.05) is 24.1 Å². The van der Waals surface area contributed by atoms with Gasteiger partial charge in [-0.2, -0.15) is 0 Å². The van der Waals surface area contributed by atoms with E-state index in [0.29, 0.717) is 11.3 Å². The van der Waals surface area contributed by atoms with Crippen molar-refractivity contribution in [1.82, 2.24) is 0 Å². The molecule has 2 aromatic carbocycles. The van der Waals surface area contributed by atoms with Gasteiger partial charge < -0.3 is 11.1 Å². The zero-order chi connectivity index (χ0) is 13.0. The number of hydrogen-bond acceptors (Lipinski definition) is 2. The maximum absolute atomic E-state index is 11.3. The Balaban J connectivity index is 2.34. The minimum atomic E-state index is -0.466. The lowest BCUT2D eigenvalue weighted by Crippen LogP contribution is -2.13. The van der Waals surface area contributed by atoms with Crippen molar-refractivity contribution >= 4 is 17.3 Å². The summed E-state index contributed by atoms with van der Waals surface area (Å²) in [7, 11) is 0. The Labute approximate surface area is 106 Å². The molecule has 2 aromatic rings. The van der Waals surface area contributed by atoms with Gasteiger partial charge in [0.1, 0.15) is 0 Å². The van der Waals surface area contributed by atoms with Gasteiger partial charge >= 0.3 is 0 Å². The monoisotopic (exact) mass is 236 g/mol. The molecule has 0 radical (unpaired) electrons. The summed E-state index contributed by atoms with van der Waals surface area (Å²) in [4.78, 5) is 11.3. The molecule has 0 fully saturated rings. The van der Waals surface area contributed by atoms with Gasteiger partial charge in [0.2, 0.25) is 0 Å².